The Balaban J connectivity index is 1.55. The maximum atomic E-state index is 12.9. The molecule has 0 saturated heterocycles. The van der Waals surface area contributed by atoms with Crippen LogP contribution in [0.1, 0.15) is 31.2 Å². The third-order valence-electron chi connectivity index (χ3n) is 4.77. The van der Waals surface area contributed by atoms with Gasteiger partial charge in [-0.15, -0.1) is 11.3 Å². The van der Waals surface area contributed by atoms with Crippen molar-refractivity contribution in [1.82, 2.24) is 9.97 Å². The number of aryl methyl sites for hydroxylation is 1. The minimum absolute atomic E-state index is 0.144. The Kier molecular flexibility index (Phi) is 5.73. The summed E-state index contributed by atoms with van der Waals surface area (Å²) >= 11 is 1.10. The zero-order valence-corrected chi connectivity index (χ0v) is 17.8. The van der Waals surface area contributed by atoms with Crippen LogP contribution in [-0.2, 0) is 6.18 Å². The quantitative estimate of drug-likeness (QED) is 0.383. The van der Waals surface area contributed by atoms with Gasteiger partial charge in [0.05, 0.1) is 11.3 Å². The van der Waals surface area contributed by atoms with E-state index in [1.807, 2.05) is 0 Å². The summed E-state index contributed by atoms with van der Waals surface area (Å²) < 4.78 is 38.8. The van der Waals surface area contributed by atoms with Crippen molar-refractivity contribution < 1.29 is 22.8 Å². The summed E-state index contributed by atoms with van der Waals surface area (Å²) in [4.78, 5) is 34.3. The molecule has 4 N–H and O–H groups in total. The van der Waals surface area contributed by atoms with Crippen molar-refractivity contribution in [2.45, 2.75) is 13.1 Å². The Morgan fingerprint density at radius 1 is 1.00 bits per heavy atom. The van der Waals surface area contributed by atoms with Gasteiger partial charge in [-0.3, -0.25) is 9.59 Å². The first-order valence-corrected chi connectivity index (χ1v) is 10.3. The van der Waals surface area contributed by atoms with E-state index >= 15 is 0 Å². The average molecular weight is 471 g/mol. The molecule has 2 aromatic heterocycles. The van der Waals surface area contributed by atoms with Crippen molar-refractivity contribution in [3.05, 3.63) is 76.4 Å². The molecule has 0 bridgehead atoms. The molecule has 11 heteroatoms. The Labute approximate surface area is 189 Å². The largest absolute Gasteiger partial charge is 0.416 e. The van der Waals surface area contributed by atoms with Gasteiger partial charge in [0, 0.05) is 29.3 Å². The van der Waals surface area contributed by atoms with E-state index in [0.717, 1.165) is 29.5 Å². The average Bonchev–Trinajstić information content (AvgIpc) is 3.12. The van der Waals surface area contributed by atoms with Crippen LogP contribution in [-0.4, -0.2) is 21.8 Å². The summed E-state index contributed by atoms with van der Waals surface area (Å²) in [5.74, 6) is -1.19. The van der Waals surface area contributed by atoms with E-state index < -0.39 is 23.6 Å². The zero-order valence-electron chi connectivity index (χ0n) is 17.0. The highest BCUT2D eigenvalue weighted by Gasteiger charge is 2.31. The van der Waals surface area contributed by atoms with Crippen molar-refractivity contribution >= 4 is 50.6 Å². The molecule has 0 aliphatic rings. The van der Waals surface area contributed by atoms with Gasteiger partial charge in [0.25, 0.3) is 11.8 Å². The molecule has 168 valence electrons. The number of rotatable bonds is 4. The number of alkyl halides is 3. The van der Waals surface area contributed by atoms with Gasteiger partial charge >= 0.3 is 6.18 Å². The minimum atomic E-state index is -4.56. The summed E-state index contributed by atoms with van der Waals surface area (Å²) in [6.45, 7) is 1.76. The molecule has 0 fully saturated rings. The number of carbonyl (C=O) groups excluding carboxylic acids is 2. The maximum absolute atomic E-state index is 12.9. The van der Waals surface area contributed by atoms with Crippen LogP contribution >= 0.6 is 11.3 Å². The van der Waals surface area contributed by atoms with Gasteiger partial charge in [0.2, 0.25) is 0 Å². The molecular weight excluding hydrogens is 455 g/mol. The summed E-state index contributed by atoms with van der Waals surface area (Å²) in [5, 5.41) is 5.30. The van der Waals surface area contributed by atoms with Crippen LogP contribution < -0.4 is 16.4 Å². The van der Waals surface area contributed by atoms with Crippen LogP contribution in [0.3, 0.4) is 0 Å². The molecule has 0 atom stereocenters. The molecule has 7 nitrogen and oxygen atoms in total. The lowest BCUT2D eigenvalue weighted by atomic mass is 10.1. The lowest BCUT2D eigenvalue weighted by Crippen LogP contribution is -2.15. The van der Waals surface area contributed by atoms with E-state index in [-0.39, 0.29) is 16.1 Å². The van der Waals surface area contributed by atoms with E-state index in [1.165, 1.54) is 24.5 Å². The number of carbonyl (C=O) groups is 2. The number of amides is 2. The highest BCUT2D eigenvalue weighted by Crippen LogP contribution is 2.32. The number of benzene rings is 2. The van der Waals surface area contributed by atoms with Crippen molar-refractivity contribution in [3.63, 3.8) is 0 Å². The molecule has 2 heterocycles. The number of fused-ring (bicyclic) bond motifs is 1. The minimum Gasteiger partial charge on any atom is -0.396 e. The van der Waals surface area contributed by atoms with Crippen LogP contribution in [0.5, 0.6) is 0 Å². The lowest BCUT2D eigenvalue weighted by Gasteiger charge is -2.12. The molecule has 0 aliphatic heterocycles. The van der Waals surface area contributed by atoms with Gasteiger partial charge in [-0.2, -0.15) is 13.2 Å². The second-order valence-corrected chi connectivity index (χ2v) is 8.07. The van der Waals surface area contributed by atoms with Gasteiger partial charge in [-0.05, 0) is 42.8 Å². The van der Waals surface area contributed by atoms with Gasteiger partial charge in [-0.1, -0.05) is 12.1 Å². The SMILES string of the molecule is Cc1ccc(NC(=O)c2cccc(C(F)(F)F)c2)cc1NC(=O)c1sc2nccnc2c1N. The highest BCUT2D eigenvalue weighted by atomic mass is 32.1. The molecular formula is C22H16F3N5O2S. The number of nitrogens with two attached hydrogens (primary N) is 1. The van der Waals surface area contributed by atoms with E-state index in [2.05, 4.69) is 20.6 Å². The van der Waals surface area contributed by atoms with Crippen LogP contribution in [0.4, 0.5) is 30.2 Å². The third kappa shape index (κ3) is 4.62. The van der Waals surface area contributed by atoms with Crippen molar-refractivity contribution in [2.75, 3.05) is 16.4 Å². The molecule has 2 aromatic carbocycles. The topological polar surface area (TPSA) is 110 Å². The van der Waals surface area contributed by atoms with Crippen LogP contribution in [0, 0.1) is 6.92 Å². The standard InChI is InChI=1S/C22H16F3N5O2S/c1-11-5-6-14(29-19(31)12-3-2-4-13(9-12)22(23,24)25)10-15(11)30-20(32)18-16(26)17-21(33-18)28-8-7-27-17/h2-10H,26H2,1H3,(H,29,31)(H,30,32). The molecule has 2 amide bonds. The number of nitrogen functional groups attached to an aromatic ring is 1. The van der Waals surface area contributed by atoms with Crippen molar-refractivity contribution in [2.24, 2.45) is 0 Å². The van der Waals surface area contributed by atoms with Crippen LogP contribution in [0.15, 0.2) is 54.9 Å². The first-order valence-electron chi connectivity index (χ1n) is 9.53. The Morgan fingerprint density at radius 3 is 2.48 bits per heavy atom. The molecule has 4 aromatic rings. The smallest absolute Gasteiger partial charge is 0.396 e. The molecule has 0 spiro atoms. The third-order valence-corrected chi connectivity index (χ3v) is 5.87. The summed E-state index contributed by atoms with van der Waals surface area (Å²) in [6, 6.07) is 8.87. The second-order valence-electron chi connectivity index (χ2n) is 7.07. The number of anilines is 3. The Bertz CT molecular complexity index is 1380. The monoisotopic (exact) mass is 471 g/mol. The van der Waals surface area contributed by atoms with E-state index in [9.17, 15) is 22.8 Å². The molecule has 0 unspecified atom stereocenters. The summed E-state index contributed by atoms with van der Waals surface area (Å²) in [7, 11) is 0. The highest BCUT2D eigenvalue weighted by molar-refractivity contribution is 7.21. The summed E-state index contributed by atoms with van der Waals surface area (Å²) in [5.41, 5.74) is 7.04. The predicted molar refractivity (Wildman–Crippen MR) is 120 cm³/mol. The maximum Gasteiger partial charge on any atom is 0.416 e. The Morgan fingerprint density at radius 2 is 1.76 bits per heavy atom. The van der Waals surface area contributed by atoms with Crippen LogP contribution in [0.25, 0.3) is 10.3 Å². The molecule has 33 heavy (non-hydrogen) atoms. The van der Waals surface area contributed by atoms with Gasteiger partial charge in [0.1, 0.15) is 15.2 Å². The van der Waals surface area contributed by atoms with Gasteiger partial charge < -0.3 is 16.4 Å². The number of halogens is 3. The normalized spacial score (nSPS) is 11.4. The fourth-order valence-electron chi connectivity index (χ4n) is 3.07. The van der Waals surface area contributed by atoms with E-state index in [4.69, 9.17) is 5.73 Å². The number of thiophene rings is 1. The number of aromatic nitrogens is 2. The zero-order chi connectivity index (χ0) is 23.8. The number of nitrogens with one attached hydrogen (secondary N) is 2. The fraction of sp³-hybridized carbons (Fsp3) is 0.0909. The predicted octanol–water partition coefficient (Wildman–Crippen LogP) is 5.11. The molecule has 0 saturated carbocycles. The molecule has 0 radical (unpaired) electrons. The van der Waals surface area contributed by atoms with Crippen molar-refractivity contribution in [3.8, 4) is 0 Å². The van der Waals surface area contributed by atoms with Crippen molar-refractivity contribution in [1.29, 1.82) is 0 Å². The van der Waals surface area contributed by atoms with Crippen LogP contribution in [0.2, 0.25) is 0 Å². The first-order chi connectivity index (χ1) is 15.6. The summed E-state index contributed by atoms with van der Waals surface area (Å²) in [6.07, 6.45) is -1.58. The second kappa shape index (κ2) is 8.51. The number of hydrogen-bond donors (Lipinski definition) is 3. The van der Waals surface area contributed by atoms with E-state index in [0.29, 0.717) is 27.3 Å². The lowest BCUT2D eigenvalue weighted by molar-refractivity contribution is -0.137. The van der Waals surface area contributed by atoms with Gasteiger partial charge in [0.15, 0.2) is 0 Å². The molecule has 4 rings (SSSR count). The first kappa shape index (κ1) is 22.2. The Hall–Kier alpha value is -3.99. The molecule has 0 aliphatic carbocycles. The fourth-order valence-corrected chi connectivity index (χ4v) is 3.98. The number of nitrogens with zero attached hydrogens (tertiary/aromatic N) is 2. The van der Waals surface area contributed by atoms with E-state index in [1.54, 1.807) is 19.1 Å². The van der Waals surface area contributed by atoms with Gasteiger partial charge in [-0.25, -0.2) is 9.97 Å². The number of hydrogen-bond acceptors (Lipinski definition) is 6.